The fourth-order valence-corrected chi connectivity index (χ4v) is 2.27. The van der Waals surface area contributed by atoms with Gasteiger partial charge in [-0.05, 0) is 18.4 Å². The van der Waals surface area contributed by atoms with Gasteiger partial charge in [0.05, 0.1) is 0 Å². The lowest BCUT2D eigenvalue weighted by molar-refractivity contribution is 0.565. The number of hydrogen-bond acceptors (Lipinski definition) is 2. The van der Waals surface area contributed by atoms with Gasteiger partial charge < -0.3 is 0 Å². The van der Waals surface area contributed by atoms with E-state index in [-0.39, 0.29) is 0 Å². The third kappa shape index (κ3) is 4.36. The van der Waals surface area contributed by atoms with Crippen LogP contribution in [0.1, 0.15) is 26.1 Å². The summed E-state index contributed by atoms with van der Waals surface area (Å²) in [5.41, 5.74) is 0. The number of halogens is 1. The quantitative estimate of drug-likeness (QED) is 0.760. The summed E-state index contributed by atoms with van der Waals surface area (Å²) in [7, 11) is 0. The van der Waals surface area contributed by atoms with Crippen molar-refractivity contribution in [1.29, 1.82) is 0 Å². The lowest BCUT2D eigenvalue weighted by Crippen LogP contribution is -2.08. The summed E-state index contributed by atoms with van der Waals surface area (Å²) in [6.07, 6.45) is 5.66. The highest BCUT2D eigenvalue weighted by atomic mass is 79.9. The normalized spacial score (nSPS) is 13.2. The van der Waals surface area contributed by atoms with E-state index in [0.29, 0.717) is 10.7 Å². The molecule has 13 heavy (non-hydrogen) atoms. The first-order chi connectivity index (χ1) is 6.18. The average molecular weight is 243 g/mol. The number of aromatic nitrogens is 2. The highest BCUT2D eigenvalue weighted by molar-refractivity contribution is 9.09. The summed E-state index contributed by atoms with van der Waals surface area (Å²) in [4.78, 5) is 8.87. The van der Waals surface area contributed by atoms with Crippen LogP contribution >= 0.6 is 15.9 Å². The van der Waals surface area contributed by atoms with Gasteiger partial charge in [0.15, 0.2) is 0 Å². The van der Waals surface area contributed by atoms with Crippen LogP contribution in [0.25, 0.3) is 0 Å². The maximum atomic E-state index is 4.18. The van der Waals surface area contributed by atoms with Crippen LogP contribution in [-0.4, -0.2) is 14.8 Å². The van der Waals surface area contributed by atoms with Gasteiger partial charge in [-0.25, -0.2) is 9.97 Å². The molecule has 1 heterocycles. The Bertz CT molecular complexity index is 236. The van der Waals surface area contributed by atoms with Gasteiger partial charge in [-0.15, -0.1) is 0 Å². The number of nitrogens with zero attached hydrogens (tertiary/aromatic N) is 2. The molecule has 0 fully saturated rings. The van der Waals surface area contributed by atoms with Gasteiger partial charge >= 0.3 is 0 Å². The lowest BCUT2D eigenvalue weighted by atomic mass is 10.1. The average Bonchev–Trinajstić information content (AvgIpc) is 2.04. The van der Waals surface area contributed by atoms with Gasteiger partial charge in [0.2, 0.25) is 0 Å². The molecule has 2 nitrogen and oxygen atoms in total. The molecule has 0 aromatic carbocycles. The molecular formula is C10H15BrN2. The second kappa shape index (κ2) is 5.32. The number of hydrogen-bond donors (Lipinski definition) is 0. The van der Waals surface area contributed by atoms with Gasteiger partial charge in [-0.1, -0.05) is 29.8 Å². The number of rotatable bonds is 4. The molecule has 72 valence electrons. The first-order valence-corrected chi connectivity index (χ1v) is 5.50. The van der Waals surface area contributed by atoms with Crippen LogP contribution in [0.5, 0.6) is 0 Å². The Morgan fingerprint density at radius 1 is 1.31 bits per heavy atom. The van der Waals surface area contributed by atoms with Crippen LogP contribution in [0.4, 0.5) is 0 Å². The van der Waals surface area contributed by atoms with Crippen LogP contribution in [0.15, 0.2) is 18.5 Å². The summed E-state index contributed by atoms with van der Waals surface area (Å²) in [5.74, 6) is 1.64. The van der Waals surface area contributed by atoms with Crippen molar-refractivity contribution in [2.75, 3.05) is 0 Å². The topological polar surface area (TPSA) is 25.8 Å². The molecule has 0 radical (unpaired) electrons. The molecular weight excluding hydrogens is 228 g/mol. The molecule has 1 aromatic rings. The van der Waals surface area contributed by atoms with E-state index in [1.165, 1.54) is 0 Å². The fraction of sp³-hybridized carbons (Fsp3) is 0.600. The van der Waals surface area contributed by atoms with Gasteiger partial charge in [0.1, 0.15) is 5.82 Å². The van der Waals surface area contributed by atoms with Crippen LogP contribution in [-0.2, 0) is 6.42 Å². The van der Waals surface area contributed by atoms with E-state index in [0.717, 1.165) is 18.7 Å². The third-order valence-electron chi connectivity index (χ3n) is 1.75. The van der Waals surface area contributed by atoms with E-state index in [1.807, 2.05) is 6.07 Å². The Morgan fingerprint density at radius 3 is 2.46 bits per heavy atom. The zero-order valence-corrected chi connectivity index (χ0v) is 9.66. The molecule has 0 saturated carbocycles. The molecule has 0 bridgehead atoms. The van der Waals surface area contributed by atoms with Crippen molar-refractivity contribution in [3.8, 4) is 0 Å². The highest BCUT2D eigenvalue weighted by Crippen LogP contribution is 2.15. The minimum absolute atomic E-state index is 0.495. The molecule has 1 aromatic heterocycles. The van der Waals surface area contributed by atoms with E-state index in [1.54, 1.807) is 12.4 Å². The summed E-state index contributed by atoms with van der Waals surface area (Å²) < 4.78 is 0. The van der Waals surface area contributed by atoms with Crippen molar-refractivity contribution in [3.63, 3.8) is 0 Å². The van der Waals surface area contributed by atoms with Gasteiger partial charge in [0, 0.05) is 23.6 Å². The second-order valence-corrected chi connectivity index (χ2v) is 4.89. The second-order valence-electron chi connectivity index (χ2n) is 3.60. The monoisotopic (exact) mass is 242 g/mol. The maximum Gasteiger partial charge on any atom is 0.129 e. The largest absolute Gasteiger partial charge is 0.241 e. The van der Waals surface area contributed by atoms with Gasteiger partial charge in [-0.2, -0.15) is 0 Å². The minimum atomic E-state index is 0.495. The molecule has 1 rings (SSSR count). The smallest absolute Gasteiger partial charge is 0.129 e. The lowest BCUT2D eigenvalue weighted by Gasteiger charge is -2.10. The first-order valence-electron chi connectivity index (χ1n) is 4.58. The van der Waals surface area contributed by atoms with E-state index in [9.17, 15) is 0 Å². The SMILES string of the molecule is CC(C)CC(Br)Cc1ncccn1. The zero-order valence-electron chi connectivity index (χ0n) is 8.07. The predicted octanol–water partition coefficient (Wildman–Crippen LogP) is 2.83. The molecule has 1 unspecified atom stereocenters. The minimum Gasteiger partial charge on any atom is -0.241 e. The highest BCUT2D eigenvalue weighted by Gasteiger charge is 2.08. The van der Waals surface area contributed by atoms with Crippen molar-refractivity contribution >= 4 is 15.9 Å². The Morgan fingerprint density at radius 2 is 1.92 bits per heavy atom. The fourth-order valence-electron chi connectivity index (χ4n) is 1.23. The van der Waals surface area contributed by atoms with Crippen molar-refractivity contribution in [3.05, 3.63) is 24.3 Å². The summed E-state index contributed by atoms with van der Waals surface area (Å²) in [6, 6.07) is 1.84. The zero-order chi connectivity index (χ0) is 9.68. The summed E-state index contributed by atoms with van der Waals surface area (Å²) in [5, 5.41) is 0. The molecule has 0 amide bonds. The van der Waals surface area contributed by atoms with Crippen LogP contribution in [0.2, 0.25) is 0 Å². The first kappa shape index (κ1) is 10.6. The van der Waals surface area contributed by atoms with Gasteiger partial charge in [-0.3, -0.25) is 0 Å². The van der Waals surface area contributed by atoms with Crippen molar-refractivity contribution in [2.45, 2.75) is 31.5 Å². The molecule has 0 saturated heterocycles. The van der Waals surface area contributed by atoms with Crippen molar-refractivity contribution in [1.82, 2.24) is 9.97 Å². The predicted molar refractivity (Wildman–Crippen MR) is 57.9 cm³/mol. The van der Waals surface area contributed by atoms with Crippen LogP contribution in [0, 0.1) is 5.92 Å². The molecule has 3 heteroatoms. The van der Waals surface area contributed by atoms with E-state index >= 15 is 0 Å². The molecule has 0 spiro atoms. The molecule has 0 N–H and O–H groups in total. The number of alkyl halides is 1. The Labute approximate surface area is 87.9 Å². The van der Waals surface area contributed by atoms with Crippen molar-refractivity contribution < 1.29 is 0 Å². The van der Waals surface area contributed by atoms with Crippen LogP contribution < -0.4 is 0 Å². The van der Waals surface area contributed by atoms with E-state index < -0.39 is 0 Å². The van der Waals surface area contributed by atoms with E-state index in [2.05, 4.69) is 39.7 Å². The Hall–Kier alpha value is -0.440. The summed E-state index contributed by atoms with van der Waals surface area (Å²) >= 11 is 3.64. The van der Waals surface area contributed by atoms with Gasteiger partial charge in [0.25, 0.3) is 0 Å². The summed E-state index contributed by atoms with van der Waals surface area (Å²) in [6.45, 7) is 4.44. The van der Waals surface area contributed by atoms with E-state index in [4.69, 9.17) is 0 Å². The molecule has 0 aliphatic carbocycles. The Kier molecular flexibility index (Phi) is 4.36. The van der Waals surface area contributed by atoms with Crippen molar-refractivity contribution in [2.24, 2.45) is 5.92 Å². The molecule has 0 aliphatic rings. The van der Waals surface area contributed by atoms with Crippen LogP contribution in [0.3, 0.4) is 0 Å². The molecule has 1 atom stereocenters. The third-order valence-corrected chi connectivity index (χ3v) is 2.45. The molecule has 0 aliphatic heterocycles. The standard InChI is InChI=1S/C10H15BrN2/c1-8(2)6-9(11)7-10-12-4-3-5-13-10/h3-5,8-9H,6-7H2,1-2H3. The maximum absolute atomic E-state index is 4.18. The Balaban J connectivity index is 2.41.